The fourth-order valence-corrected chi connectivity index (χ4v) is 1.51. The van der Waals surface area contributed by atoms with Crippen molar-refractivity contribution in [1.82, 2.24) is 0 Å². The maximum atomic E-state index is 11.2. The number of rotatable bonds is 6. The number of benzene rings is 1. The summed E-state index contributed by atoms with van der Waals surface area (Å²) in [6, 6.07) is 4.18. The molecule has 6 heteroatoms. The number of ether oxygens (including phenoxy) is 1. The molecule has 92 valence electrons. The van der Waals surface area contributed by atoms with Gasteiger partial charge in [-0.25, -0.2) is 0 Å². The van der Waals surface area contributed by atoms with Crippen LogP contribution in [0.2, 0.25) is 0 Å². The molecule has 0 N–H and O–H groups in total. The second-order valence-electron chi connectivity index (χ2n) is 3.38. The zero-order valence-corrected chi connectivity index (χ0v) is 10.1. The van der Waals surface area contributed by atoms with Crippen LogP contribution in [0.25, 0.3) is 0 Å². The first-order chi connectivity index (χ1) is 8.07. The Hall–Kier alpha value is -1.62. The second kappa shape index (κ2) is 6.20. The number of carbonyl (C=O) groups excluding carboxylic acids is 1. The van der Waals surface area contributed by atoms with Gasteiger partial charge in [-0.05, 0) is 24.1 Å². The molecule has 0 radical (unpaired) electrons. The molecule has 0 bridgehead atoms. The molecular formula is C11H12ClNO4. The lowest BCUT2D eigenvalue weighted by Crippen LogP contribution is -2.05. The van der Waals surface area contributed by atoms with Crippen LogP contribution in [0.4, 0.5) is 5.69 Å². The minimum Gasteiger partial charge on any atom is -0.493 e. The Labute approximate surface area is 103 Å². The normalized spacial score (nSPS) is 10.0. The predicted octanol–water partition coefficient (Wildman–Crippen LogP) is 3.15. The van der Waals surface area contributed by atoms with Crippen LogP contribution in [-0.4, -0.2) is 16.8 Å². The van der Waals surface area contributed by atoms with Crippen LogP contribution in [-0.2, 0) is 0 Å². The van der Waals surface area contributed by atoms with Crippen molar-refractivity contribution in [3.8, 4) is 5.75 Å². The zero-order valence-electron chi connectivity index (χ0n) is 9.31. The first kappa shape index (κ1) is 13.4. The molecule has 0 aromatic heterocycles. The highest BCUT2D eigenvalue weighted by molar-refractivity contribution is 6.68. The van der Waals surface area contributed by atoms with Crippen LogP contribution < -0.4 is 4.74 Å². The third-order valence-electron chi connectivity index (χ3n) is 2.15. The number of nitro benzene ring substituents is 1. The molecule has 1 aromatic rings. The van der Waals surface area contributed by atoms with Crippen LogP contribution in [0, 0.1) is 10.1 Å². The zero-order chi connectivity index (χ0) is 12.8. The van der Waals surface area contributed by atoms with Crippen molar-refractivity contribution in [1.29, 1.82) is 0 Å². The highest BCUT2D eigenvalue weighted by Crippen LogP contribution is 2.29. The van der Waals surface area contributed by atoms with Gasteiger partial charge in [0.25, 0.3) is 10.9 Å². The summed E-state index contributed by atoms with van der Waals surface area (Å²) in [7, 11) is 0. The molecule has 0 spiro atoms. The molecule has 0 atom stereocenters. The van der Waals surface area contributed by atoms with Crippen LogP contribution >= 0.6 is 11.6 Å². The summed E-state index contributed by atoms with van der Waals surface area (Å²) in [5.41, 5.74) is -0.519. The number of halogens is 1. The number of nitro groups is 1. The molecule has 5 nitrogen and oxygen atoms in total. The fraction of sp³-hybridized carbons (Fsp3) is 0.364. The Bertz CT molecular complexity index is 433. The Balaban J connectivity index is 3.07. The summed E-state index contributed by atoms with van der Waals surface area (Å²) in [6.07, 6.45) is 1.73. The smallest absolute Gasteiger partial charge is 0.285 e. The summed E-state index contributed by atoms with van der Waals surface area (Å²) in [5, 5.41) is 9.86. The summed E-state index contributed by atoms with van der Waals surface area (Å²) in [5.74, 6) is 0.160. The van der Waals surface area contributed by atoms with Crippen molar-refractivity contribution in [2.75, 3.05) is 6.61 Å². The molecular weight excluding hydrogens is 246 g/mol. The van der Waals surface area contributed by atoms with E-state index in [9.17, 15) is 14.9 Å². The second-order valence-corrected chi connectivity index (χ2v) is 3.73. The Morgan fingerprint density at radius 3 is 2.76 bits per heavy atom. The quantitative estimate of drug-likeness (QED) is 0.340. The van der Waals surface area contributed by atoms with Gasteiger partial charge in [0.05, 0.1) is 11.5 Å². The molecule has 0 saturated heterocycles. The molecule has 1 aromatic carbocycles. The molecule has 17 heavy (non-hydrogen) atoms. The average molecular weight is 258 g/mol. The van der Waals surface area contributed by atoms with Gasteiger partial charge in [0, 0.05) is 6.07 Å². The molecule has 0 fully saturated rings. The van der Waals surface area contributed by atoms with E-state index in [0.29, 0.717) is 6.61 Å². The van der Waals surface area contributed by atoms with Gasteiger partial charge >= 0.3 is 0 Å². The van der Waals surface area contributed by atoms with Gasteiger partial charge < -0.3 is 4.74 Å². The van der Waals surface area contributed by atoms with Gasteiger partial charge in [-0.3, -0.25) is 14.9 Å². The number of hydrogen-bond acceptors (Lipinski definition) is 4. The summed E-state index contributed by atoms with van der Waals surface area (Å²) in [4.78, 5) is 21.3. The third kappa shape index (κ3) is 3.42. The number of unbranched alkanes of at least 4 members (excludes halogenated alkanes) is 1. The van der Waals surface area contributed by atoms with E-state index >= 15 is 0 Å². The maximum absolute atomic E-state index is 11.2. The van der Waals surface area contributed by atoms with Gasteiger partial charge in [-0.1, -0.05) is 19.4 Å². The highest BCUT2D eigenvalue weighted by atomic mass is 35.5. The van der Waals surface area contributed by atoms with Gasteiger partial charge in [0.2, 0.25) is 0 Å². The SMILES string of the molecule is CCCCOc1cccc([N+](=O)[O-])c1C(=O)Cl. The molecule has 0 aliphatic carbocycles. The number of nitrogens with zero attached hydrogens (tertiary/aromatic N) is 1. The van der Waals surface area contributed by atoms with Gasteiger partial charge in [-0.2, -0.15) is 0 Å². The Morgan fingerprint density at radius 1 is 1.53 bits per heavy atom. The monoisotopic (exact) mass is 257 g/mol. The average Bonchev–Trinajstić information content (AvgIpc) is 2.28. The third-order valence-corrected chi connectivity index (χ3v) is 2.34. The molecule has 0 amide bonds. The van der Waals surface area contributed by atoms with Crippen LogP contribution in [0.1, 0.15) is 30.1 Å². The Morgan fingerprint density at radius 2 is 2.24 bits per heavy atom. The van der Waals surface area contributed by atoms with Gasteiger partial charge in [-0.15, -0.1) is 0 Å². The van der Waals surface area contributed by atoms with E-state index in [2.05, 4.69) is 0 Å². The topological polar surface area (TPSA) is 69.4 Å². The van der Waals surface area contributed by atoms with E-state index in [1.165, 1.54) is 18.2 Å². The Kier molecular flexibility index (Phi) is 4.90. The van der Waals surface area contributed by atoms with E-state index in [-0.39, 0.29) is 17.0 Å². The lowest BCUT2D eigenvalue weighted by atomic mass is 10.2. The van der Waals surface area contributed by atoms with E-state index in [4.69, 9.17) is 16.3 Å². The maximum Gasteiger partial charge on any atom is 0.285 e. The van der Waals surface area contributed by atoms with Crippen LogP contribution in [0.5, 0.6) is 5.75 Å². The molecule has 0 saturated carbocycles. The number of hydrogen-bond donors (Lipinski definition) is 0. The molecule has 0 unspecified atom stereocenters. The van der Waals surface area contributed by atoms with E-state index in [1.54, 1.807) is 0 Å². The molecule has 0 aliphatic heterocycles. The minimum absolute atomic E-state index is 0.160. The van der Waals surface area contributed by atoms with Gasteiger partial charge in [0.15, 0.2) is 5.56 Å². The van der Waals surface area contributed by atoms with Crippen molar-refractivity contribution >= 4 is 22.5 Å². The largest absolute Gasteiger partial charge is 0.493 e. The lowest BCUT2D eigenvalue weighted by Gasteiger charge is -2.08. The van der Waals surface area contributed by atoms with Crippen LogP contribution in [0.3, 0.4) is 0 Å². The molecule has 0 heterocycles. The van der Waals surface area contributed by atoms with Crippen LogP contribution in [0.15, 0.2) is 18.2 Å². The predicted molar refractivity (Wildman–Crippen MR) is 63.7 cm³/mol. The standard InChI is InChI=1S/C11H12ClNO4/c1-2-3-7-17-9-6-4-5-8(13(15)16)10(9)11(12)14/h4-6H,2-3,7H2,1H3. The highest BCUT2D eigenvalue weighted by Gasteiger charge is 2.23. The summed E-state index contributed by atoms with van der Waals surface area (Å²) < 4.78 is 5.32. The first-order valence-electron chi connectivity index (χ1n) is 5.18. The van der Waals surface area contributed by atoms with Crippen molar-refractivity contribution in [3.63, 3.8) is 0 Å². The summed E-state index contributed by atoms with van der Waals surface area (Å²) >= 11 is 5.35. The molecule has 1 rings (SSSR count). The fourth-order valence-electron chi connectivity index (χ4n) is 1.32. The van der Waals surface area contributed by atoms with Crippen molar-refractivity contribution in [2.45, 2.75) is 19.8 Å². The van der Waals surface area contributed by atoms with E-state index < -0.39 is 10.2 Å². The minimum atomic E-state index is -0.885. The number of carbonyl (C=O) groups is 1. The van der Waals surface area contributed by atoms with Crippen molar-refractivity contribution in [3.05, 3.63) is 33.9 Å². The van der Waals surface area contributed by atoms with E-state index in [0.717, 1.165) is 12.8 Å². The molecule has 0 aliphatic rings. The lowest BCUT2D eigenvalue weighted by molar-refractivity contribution is -0.385. The van der Waals surface area contributed by atoms with Gasteiger partial charge in [0.1, 0.15) is 5.75 Å². The van der Waals surface area contributed by atoms with E-state index in [1.807, 2.05) is 6.92 Å². The summed E-state index contributed by atoms with van der Waals surface area (Å²) in [6.45, 7) is 2.39. The van der Waals surface area contributed by atoms with Crippen molar-refractivity contribution in [2.24, 2.45) is 0 Å². The first-order valence-corrected chi connectivity index (χ1v) is 5.55. The van der Waals surface area contributed by atoms with Crippen molar-refractivity contribution < 1.29 is 14.5 Å².